The average molecular weight is 301 g/mol. The summed E-state index contributed by atoms with van der Waals surface area (Å²) in [6.45, 7) is 0. The molecule has 0 heterocycles. The lowest BCUT2D eigenvalue weighted by molar-refractivity contribution is -0.374. The number of carbonyl (C=O) groups excluding carboxylic acids is 1. The summed E-state index contributed by atoms with van der Waals surface area (Å²) in [6.07, 6.45) is 0. The van der Waals surface area contributed by atoms with Crippen LogP contribution < -0.4 is 0 Å². The SMILES string of the molecule is O=C1C(c2ccccc2)=C([N+](=O)[O-])c2cccc3cccc1c23. The molecule has 4 rings (SSSR count). The molecule has 0 atom stereocenters. The maximum atomic E-state index is 13.0. The van der Waals surface area contributed by atoms with Crippen LogP contribution in [0, 0.1) is 10.1 Å². The molecule has 0 saturated carbocycles. The summed E-state index contributed by atoms with van der Waals surface area (Å²) < 4.78 is 0. The number of carbonyl (C=O) groups is 1. The van der Waals surface area contributed by atoms with E-state index in [-0.39, 0.29) is 17.1 Å². The van der Waals surface area contributed by atoms with Crippen molar-refractivity contribution < 1.29 is 9.72 Å². The van der Waals surface area contributed by atoms with Gasteiger partial charge in [-0.25, -0.2) is 0 Å². The highest BCUT2D eigenvalue weighted by Crippen LogP contribution is 2.40. The maximum Gasteiger partial charge on any atom is 0.288 e. The highest BCUT2D eigenvalue weighted by Gasteiger charge is 2.35. The van der Waals surface area contributed by atoms with E-state index in [9.17, 15) is 14.9 Å². The third-order valence-electron chi connectivity index (χ3n) is 4.11. The summed E-state index contributed by atoms with van der Waals surface area (Å²) in [5.74, 6) is -0.299. The van der Waals surface area contributed by atoms with Crippen LogP contribution in [-0.4, -0.2) is 10.7 Å². The molecule has 4 nitrogen and oxygen atoms in total. The van der Waals surface area contributed by atoms with Crippen LogP contribution in [0.2, 0.25) is 0 Å². The normalized spacial score (nSPS) is 13.5. The molecule has 3 aromatic rings. The molecule has 0 aliphatic heterocycles. The van der Waals surface area contributed by atoms with Gasteiger partial charge in [0.15, 0.2) is 0 Å². The zero-order valence-corrected chi connectivity index (χ0v) is 12.0. The third kappa shape index (κ3) is 1.89. The van der Waals surface area contributed by atoms with Crippen molar-refractivity contribution in [2.75, 3.05) is 0 Å². The Morgan fingerprint density at radius 3 is 2.09 bits per heavy atom. The standard InChI is InChI=1S/C19H11NO3/c21-19-15-11-5-9-12-8-4-10-14(16(12)15)18(20(22)23)17(19)13-6-2-1-3-7-13/h1-11H. The predicted octanol–water partition coefficient (Wildman–Crippen LogP) is 4.18. The molecule has 0 radical (unpaired) electrons. The minimum absolute atomic E-state index is 0.120. The van der Waals surface area contributed by atoms with Crippen molar-refractivity contribution in [2.24, 2.45) is 0 Å². The lowest BCUT2D eigenvalue weighted by atomic mass is 9.83. The van der Waals surface area contributed by atoms with Crippen molar-refractivity contribution in [3.63, 3.8) is 0 Å². The van der Waals surface area contributed by atoms with Crippen LogP contribution in [-0.2, 0) is 0 Å². The fraction of sp³-hybridized carbons (Fsp3) is 0. The van der Waals surface area contributed by atoms with Gasteiger partial charge >= 0.3 is 0 Å². The van der Waals surface area contributed by atoms with Gasteiger partial charge in [-0.15, -0.1) is 0 Å². The molecule has 0 unspecified atom stereocenters. The summed E-state index contributed by atoms with van der Waals surface area (Å²) in [5.41, 5.74) is 1.62. The van der Waals surface area contributed by atoms with Gasteiger partial charge in [-0.2, -0.15) is 0 Å². The number of allylic oxidation sites excluding steroid dienone is 1. The van der Waals surface area contributed by atoms with Crippen LogP contribution in [0.4, 0.5) is 0 Å². The Balaban J connectivity index is 2.17. The molecule has 0 saturated heterocycles. The van der Waals surface area contributed by atoms with E-state index in [2.05, 4.69) is 0 Å². The number of hydrogen-bond donors (Lipinski definition) is 0. The summed E-state index contributed by atoms with van der Waals surface area (Å²) in [7, 11) is 0. The number of ketones is 1. The first-order valence-corrected chi connectivity index (χ1v) is 7.19. The van der Waals surface area contributed by atoms with Gasteiger partial charge in [-0.1, -0.05) is 60.7 Å². The van der Waals surface area contributed by atoms with Crippen molar-refractivity contribution in [3.05, 3.63) is 93.5 Å². The molecule has 0 N–H and O–H groups in total. The number of rotatable bonds is 2. The Kier molecular flexibility index (Phi) is 2.84. The first-order chi connectivity index (χ1) is 11.2. The van der Waals surface area contributed by atoms with Gasteiger partial charge in [-0.3, -0.25) is 14.9 Å². The number of nitro groups is 1. The van der Waals surface area contributed by atoms with Gasteiger partial charge in [0.25, 0.3) is 5.70 Å². The Hall–Kier alpha value is -3.27. The van der Waals surface area contributed by atoms with E-state index in [1.165, 1.54) is 0 Å². The van der Waals surface area contributed by atoms with Gasteiger partial charge in [0.1, 0.15) is 5.57 Å². The minimum Gasteiger partial charge on any atom is -0.288 e. The van der Waals surface area contributed by atoms with Gasteiger partial charge in [0.2, 0.25) is 5.78 Å². The van der Waals surface area contributed by atoms with Crippen LogP contribution in [0.5, 0.6) is 0 Å². The zero-order chi connectivity index (χ0) is 16.0. The van der Waals surface area contributed by atoms with E-state index >= 15 is 0 Å². The second-order valence-corrected chi connectivity index (χ2v) is 5.39. The molecule has 23 heavy (non-hydrogen) atoms. The minimum atomic E-state index is -0.453. The summed E-state index contributed by atoms with van der Waals surface area (Å²) in [6, 6.07) is 19.6. The molecule has 0 amide bonds. The maximum absolute atomic E-state index is 13.0. The largest absolute Gasteiger partial charge is 0.288 e. The van der Waals surface area contributed by atoms with Crippen LogP contribution in [0.25, 0.3) is 22.0 Å². The van der Waals surface area contributed by atoms with E-state index < -0.39 is 4.92 Å². The monoisotopic (exact) mass is 301 g/mol. The fourth-order valence-corrected chi connectivity index (χ4v) is 3.17. The van der Waals surface area contributed by atoms with Gasteiger partial charge < -0.3 is 0 Å². The van der Waals surface area contributed by atoms with Crippen molar-refractivity contribution >= 4 is 27.8 Å². The topological polar surface area (TPSA) is 60.2 Å². The van der Waals surface area contributed by atoms with Crippen molar-refractivity contribution in [1.29, 1.82) is 0 Å². The summed E-state index contributed by atoms with van der Waals surface area (Å²) in [5, 5.41) is 13.2. The second-order valence-electron chi connectivity index (χ2n) is 5.39. The van der Waals surface area contributed by atoms with Crippen LogP contribution in [0.15, 0.2) is 66.7 Å². The Morgan fingerprint density at radius 1 is 0.783 bits per heavy atom. The van der Waals surface area contributed by atoms with Gasteiger partial charge in [0.05, 0.1) is 10.5 Å². The Morgan fingerprint density at radius 2 is 1.43 bits per heavy atom. The molecular weight excluding hydrogens is 290 g/mol. The molecule has 0 bridgehead atoms. The quantitative estimate of drug-likeness (QED) is 0.527. The molecule has 0 fully saturated rings. The molecule has 110 valence electrons. The smallest absolute Gasteiger partial charge is 0.288 e. The van der Waals surface area contributed by atoms with E-state index in [0.717, 1.165) is 5.39 Å². The summed E-state index contributed by atoms with van der Waals surface area (Å²) >= 11 is 0. The van der Waals surface area contributed by atoms with Crippen molar-refractivity contribution in [3.8, 4) is 0 Å². The number of hydrogen-bond acceptors (Lipinski definition) is 3. The molecular formula is C19H11NO3. The van der Waals surface area contributed by atoms with E-state index in [1.807, 2.05) is 18.2 Å². The fourth-order valence-electron chi connectivity index (χ4n) is 3.17. The van der Waals surface area contributed by atoms with Crippen LogP contribution in [0.3, 0.4) is 0 Å². The Bertz CT molecular complexity index is 998. The highest BCUT2D eigenvalue weighted by molar-refractivity contribution is 6.39. The summed E-state index contributed by atoms with van der Waals surface area (Å²) in [4.78, 5) is 24.2. The van der Waals surface area contributed by atoms with Crippen molar-refractivity contribution in [2.45, 2.75) is 0 Å². The third-order valence-corrected chi connectivity index (χ3v) is 4.11. The molecule has 0 spiro atoms. The van der Waals surface area contributed by atoms with E-state index in [0.29, 0.717) is 22.1 Å². The van der Waals surface area contributed by atoms with E-state index in [1.54, 1.807) is 48.5 Å². The van der Waals surface area contributed by atoms with Gasteiger partial charge in [-0.05, 0) is 17.0 Å². The number of nitrogens with zero attached hydrogens (tertiary/aromatic N) is 1. The van der Waals surface area contributed by atoms with Gasteiger partial charge in [0, 0.05) is 10.9 Å². The molecule has 1 aliphatic carbocycles. The molecule has 0 aromatic heterocycles. The zero-order valence-electron chi connectivity index (χ0n) is 12.0. The van der Waals surface area contributed by atoms with Crippen LogP contribution in [0.1, 0.15) is 21.5 Å². The Labute approximate surface area is 131 Å². The molecule has 3 aromatic carbocycles. The molecule has 4 heteroatoms. The first kappa shape index (κ1) is 13.4. The van der Waals surface area contributed by atoms with Crippen molar-refractivity contribution in [1.82, 2.24) is 0 Å². The number of Topliss-reactive ketones (excluding diaryl/α,β-unsaturated/α-hetero) is 1. The average Bonchev–Trinajstić information content (AvgIpc) is 2.58. The lowest BCUT2D eigenvalue weighted by Gasteiger charge is -2.18. The predicted molar refractivity (Wildman–Crippen MR) is 88.5 cm³/mol. The molecule has 1 aliphatic rings. The van der Waals surface area contributed by atoms with E-state index in [4.69, 9.17) is 0 Å². The second kappa shape index (κ2) is 4.88. The highest BCUT2D eigenvalue weighted by atomic mass is 16.6. The number of benzene rings is 3. The van der Waals surface area contributed by atoms with Crippen LogP contribution >= 0.6 is 0 Å². The first-order valence-electron chi connectivity index (χ1n) is 7.19. The lowest BCUT2D eigenvalue weighted by Crippen LogP contribution is -2.16.